The molecule has 0 saturated heterocycles. The number of hydrogen-bond acceptors (Lipinski definition) is 4. The van der Waals surface area contributed by atoms with Gasteiger partial charge in [0.15, 0.2) is 0 Å². The van der Waals surface area contributed by atoms with Gasteiger partial charge in [0.25, 0.3) is 5.69 Å². The molecule has 0 aromatic heterocycles. The second-order valence-corrected chi connectivity index (χ2v) is 4.87. The summed E-state index contributed by atoms with van der Waals surface area (Å²) in [6.07, 6.45) is -5.24. The number of alkyl halides is 3. The third kappa shape index (κ3) is 4.71. The largest absolute Gasteiger partial charge is 0.458 e. The minimum absolute atomic E-state index is 0.0268. The third-order valence-corrected chi connectivity index (χ3v) is 3.22. The van der Waals surface area contributed by atoms with Crippen LogP contribution in [0.3, 0.4) is 0 Å². The number of halogens is 3. The lowest BCUT2D eigenvalue weighted by molar-refractivity contribution is -0.384. The summed E-state index contributed by atoms with van der Waals surface area (Å²) in [5.74, 6) is -2.71. The Kier molecular flexibility index (Phi) is 5.90. The SMILES string of the molecule is CCC[C@@H](OC(=O)c1ccc([N+](=O)[O-])cc1)[C@@H](C)C(F)(F)F. The van der Waals surface area contributed by atoms with Crippen LogP contribution in [0, 0.1) is 16.0 Å². The second-order valence-electron chi connectivity index (χ2n) is 4.87. The molecule has 8 heteroatoms. The van der Waals surface area contributed by atoms with Gasteiger partial charge in [0.1, 0.15) is 6.10 Å². The van der Waals surface area contributed by atoms with Crippen LogP contribution in [0.5, 0.6) is 0 Å². The smallest absolute Gasteiger partial charge is 0.395 e. The van der Waals surface area contributed by atoms with Crippen LogP contribution in [0.1, 0.15) is 37.0 Å². The summed E-state index contributed by atoms with van der Waals surface area (Å²) in [6.45, 7) is 2.65. The van der Waals surface area contributed by atoms with Crippen LogP contribution in [0.2, 0.25) is 0 Å². The van der Waals surface area contributed by atoms with Crippen molar-refractivity contribution in [2.24, 2.45) is 5.92 Å². The molecule has 0 unspecified atom stereocenters. The molecular formula is C14H16F3NO4. The predicted octanol–water partition coefficient (Wildman–Crippen LogP) is 4.12. The summed E-state index contributed by atoms with van der Waals surface area (Å²) in [5.41, 5.74) is -0.244. The fraction of sp³-hybridized carbons (Fsp3) is 0.500. The monoisotopic (exact) mass is 319 g/mol. The number of carbonyl (C=O) groups is 1. The first kappa shape index (κ1) is 17.9. The molecule has 0 bridgehead atoms. The van der Waals surface area contributed by atoms with Crippen LogP contribution < -0.4 is 0 Å². The predicted molar refractivity (Wildman–Crippen MR) is 72.4 cm³/mol. The quantitative estimate of drug-likeness (QED) is 0.449. The van der Waals surface area contributed by atoms with E-state index >= 15 is 0 Å². The molecule has 22 heavy (non-hydrogen) atoms. The molecule has 2 atom stereocenters. The minimum atomic E-state index is -4.46. The Morgan fingerprint density at radius 1 is 1.32 bits per heavy atom. The molecular weight excluding hydrogens is 303 g/mol. The lowest BCUT2D eigenvalue weighted by Gasteiger charge is -2.25. The van der Waals surface area contributed by atoms with Crippen molar-refractivity contribution in [2.45, 2.75) is 39.0 Å². The lowest BCUT2D eigenvalue weighted by atomic mass is 10.00. The number of hydrogen-bond donors (Lipinski definition) is 0. The van der Waals surface area contributed by atoms with Crippen molar-refractivity contribution in [1.29, 1.82) is 0 Å². The molecule has 0 heterocycles. The Hall–Kier alpha value is -2.12. The summed E-state index contributed by atoms with van der Waals surface area (Å²) in [7, 11) is 0. The first-order chi connectivity index (χ1) is 10.2. The first-order valence-corrected chi connectivity index (χ1v) is 6.69. The Bertz CT molecular complexity index is 528. The standard InChI is InChI=1S/C14H16F3NO4/c1-3-4-12(9(2)14(15,16)17)22-13(19)10-5-7-11(8-6-10)18(20)21/h5-9,12H,3-4H2,1-2H3/t9-,12-/m1/s1. The lowest BCUT2D eigenvalue weighted by Crippen LogP contribution is -2.35. The van der Waals surface area contributed by atoms with E-state index in [4.69, 9.17) is 4.74 Å². The van der Waals surface area contributed by atoms with Gasteiger partial charge in [-0.3, -0.25) is 10.1 Å². The van der Waals surface area contributed by atoms with Crippen LogP contribution in [0.25, 0.3) is 0 Å². The summed E-state index contributed by atoms with van der Waals surface area (Å²) in [4.78, 5) is 21.8. The molecule has 0 aliphatic heterocycles. The molecule has 0 N–H and O–H groups in total. The van der Waals surface area contributed by atoms with E-state index < -0.39 is 29.1 Å². The van der Waals surface area contributed by atoms with Crippen molar-refractivity contribution < 1.29 is 27.6 Å². The van der Waals surface area contributed by atoms with Gasteiger partial charge >= 0.3 is 12.1 Å². The summed E-state index contributed by atoms with van der Waals surface area (Å²) >= 11 is 0. The molecule has 1 rings (SSSR count). The van der Waals surface area contributed by atoms with Crippen LogP contribution in [0.15, 0.2) is 24.3 Å². The molecule has 122 valence electrons. The maximum atomic E-state index is 12.8. The fourth-order valence-corrected chi connectivity index (χ4v) is 1.83. The van der Waals surface area contributed by atoms with Gasteiger partial charge in [0.2, 0.25) is 0 Å². The number of rotatable bonds is 6. The number of nitro benzene ring substituents is 1. The van der Waals surface area contributed by atoms with E-state index in [9.17, 15) is 28.1 Å². The van der Waals surface area contributed by atoms with Crippen molar-refractivity contribution in [2.75, 3.05) is 0 Å². The minimum Gasteiger partial charge on any atom is -0.458 e. The number of benzene rings is 1. The molecule has 0 amide bonds. The van der Waals surface area contributed by atoms with Crippen molar-refractivity contribution in [3.63, 3.8) is 0 Å². The van der Waals surface area contributed by atoms with E-state index in [2.05, 4.69) is 0 Å². The van der Waals surface area contributed by atoms with Gasteiger partial charge in [-0.1, -0.05) is 20.3 Å². The molecule has 0 saturated carbocycles. The normalized spacial score (nSPS) is 14.2. The zero-order valence-corrected chi connectivity index (χ0v) is 12.1. The van der Waals surface area contributed by atoms with Gasteiger partial charge < -0.3 is 4.74 Å². The zero-order chi connectivity index (χ0) is 16.9. The number of non-ortho nitro benzene ring substituents is 1. The van der Waals surface area contributed by atoms with E-state index in [1.807, 2.05) is 0 Å². The second kappa shape index (κ2) is 7.24. The number of carbonyl (C=O) groups excluding carboxylic acids is 1. The summed E-state index contributed by atoms with van der Waals surface area (Å²) in [6, 6.07) is 4.50. The molecule has 1 aromatic rings. The molecule has 0 radical (unpaired) electrons. The maximum Gasteiger partial charge on any atom is 0.395 e. The number of nitro groups is 1. The molecule has 5 nitrogen and oxygen atoms in total. The average molecular weight is 319 g/mol. The summed E-state index contributed by atoms with van der Waals surface area (Å²) < 4.78 is 43.2. The highest BCUT2D eigenvalue weighted by atomic mass is 19.4. The van der Waals surface area contributed by atoms with Gasteiger partial charge in [-0.25, -0.2) is 4.79 Å². The Morgan fingerprint density at radius 2 is 1.86 bits per heavy atom. The van der Waals surface area contributed by atoms with E-state index in [-0.39, 0.29) is 17.7 Å². The number of nitrogens with zero attached hydrogens (tertiary/aromatic N) is 1. The maximum absolute atomic E-state index is 12.8. The van der Waals surface area contributed by atoms with E-state index in [1.54, 1.807) is 6.92 Å². The molecule has 0 fully saturated rings. The summed E-state index contributed by atoms with van der Waals surface area (Å²) in [5, 5.41) is 10.5. The number of ether oxygens (including phenoxy) is 1. The van der Waals surface area contributed by atoms with Crippen molar-refractivity contribution >= 4 is 11.7 Å². The Morgan fingerprint density at radius 3 is 2.27 bits per heavy atom. The third-order valence-electron chi connectivity index (χ3n) is 3.22. The van der Waals surface area contributed by atoms with Crippen LogP contribution in [0.4, 0.5) is 18.9 Å². The van der Waals surface area contributed by atoms with Crippen molar-refractivity contribution in [1.82, 2.24) is 0 Å². The van der Waals surface area contributed by atoms with E-state index in [0.717, 1.165) is 31.2 Å². The average Bonchev–Trinajstić information content (AvgIpc) is 2.45. The van der Waals surface area contributed by atoms with Gasteiger partial charge in [-0.15, -0.1) is 0 Å². The van der Waals surface area contributed by atoms with Gasteiger partial charge in [0.05, 0.1) is 16.4 Å². The molecule has 0 aliphatic rings. The van der Waals surface area contributed by atoms with Crippen LogP contribution >= 0.6 is 0 Å². The zero-order valence-electron chi connectivity index (χ0n) is 12.1. The highest BCUT2D eigenvalue weighted by Crippen LogP contribution is 2.32. The highest BCUT2D eigenvalue weighted by Gasteiger charge is 2.42. The Balaban J connectivity index is 2.84. The van der Waals surface area contributed by atoms with Crippen molar-refractivity contribution in [3.05, 3.63) is 39.9 Å². The molecule has 0 aliphatic carbocycles. The van der Waals surface area contributed by atoms with Crippen LogP contribution in [-0.4, -0.2) is 23.2 Å². The molecule has 0 spiro atoms. The fourth-order valence-electron chi connectivity index (χ4n) is 1.83. The van der Waals surface area contributed by atoms with Gasteiger partial charge in [0, 0.05) is 12.1 Å². The highest BCUT2D eigenvalue weighted by molar-refractivity contribution is 5.89. The van der Waals surface area contributed by atoms with E-state index in [1.165, 1.54) is 0 Å². The Labute approximate surface area is 125 Å². The topological polar surface area (TPSA) is 69.4 Å². The molecule has 1 aromatic carbocycles. The van der Waals surface area contributed by atoms with Crippen molar-refractivity contribution in [3.8, 4) is 0 Å². The number of esters is 1. The van der Waals surface area contributed by atoms with E-state index in [0.29, 0.717) is 6.42 Å². The first-order valence-electron chi connectivity index (χ1n) is 6.69. The van der Waals surface area contributed by atoms with Gasteiger partial charge in [-0.05, 0) is 18.6 Å². The van der Waals surface area contributed by atoms with Gasteiger partial charge in [-0.2, -0.15) is 13.2 Å². The van der Waals surface area contributed by atoms with Crippen LogP contribution in [-0.2, 0) is 4.74 Å².